The number of benzene rings is 4. The lowest BCUT2D eigenvalue weighted by molar-refractivity contribution is -0.125. The molecule has 2 nitrogen and oxygen atoms in total. The van der Waals surface area contributed by atoms with Crippen LogP contribution < -0.4 is 0 Å². The molecule has 186 valence electrons. The highest BCUT2D eigenvalue weighted by molar-refractivity contribution is 7.99. The summed E-state index contributed by atoms with van der Waals surface area (Å²) in [6, 6.07) is 41.6. The molecule has 1 aliphatic rings. The summed E-state index contributed by atoms with van der Waals surface area (Å²) in [5.74, 6) is 1.62. The van der Waals surface area contributed by atoms with Crippen molar-refractivity contribution in [3.05, 3.63) is 138 Å². The van der Waals surface area contributed by atoms with Gasteiger partial charge in [-0.05, 0) is 58.9 Å². The second-order valence-corrected chi connectivity index (χ2v) is 10.9. The Balaban J connectivity index is 1.42. The van der Waals surface area contributed by atoms with Crippen LogP contribution in [0.5, 0.6) is 0 Å². The average molecular weight is 504 g/mol. The molecule has 1 amide bonds. The molecule has 0 aliphatic carbocycles. The highest BCUT2D eigenvalue weighted by atomic mass is 32.2. The zero-order valence-electron chi connectivity index (χ0n) is 21.3. The van der Waals surface area contributed by atoms with Gasteiger partial charge in [0, 0.05) is 11.4 Å². The first-order chi connectivity index (χ1) is 18.2. The zero-order valence-corrected chi connectivity index (χ0v) is 22.1. The number of thioether (sulfide) groups is 1. The van der Waals surface area contributed by atoms with E-state index in [0.29, 0.717) is 5.92 Å². The molecule has 0 aromatic heterocycles. The SMILES string of the molecule is CC(CCCSc1ccccc1)CN1C(=O)C(c2ccccc2)=C(c2ccccc2)C1c1ccccc1. The summed E-state index contributed by atoms with van der Waals surface area (Å²) in [7, 11) is 0. The predicted octanol–water partition coefficient (Wildman–Crippen LogP) is 8.39. The van der Waals surface area contributed by atoms with Crippen molar-refractivity contribution in [2.45, 2.75) is 30.7 Å². The molecule has 0 saturated carbocycles. The Morgan fingerprint density at radius 1 is 0.730 bits per heavy atom. The Hall–Kier alpha value is -3.56. The van der Waals surface area contributed by atoms with Crippen LogP contribution in [0.2, 0.25) is 0 Å². The molecule has 4 aromatic rings. The molecule has 3 heteroatoms. The summed E-state index contributed by atoms with van der Waals surface area (Å²) in [6.07, 6.45) is 2.22. The van der Waals surface area contributed by atoms with Crippen LogP contribution in [0.3, 0.4) is 0 Å². The van der Waals surface area contributed by atoms with Crippen molar-refractivity contribution in [1.29, 1.82) is 0 Å². The van der Waals surface area contributed by atoms with Crippen LogP contribution in [0, 0.1) is 5.92 Å². The topological polar surface area (TPSA) is 20.3 Å². The molecule has 0 N–H and O–H groups in total. The summed E-state index contributed by atoms with van der Waals surface area (Å²) >= 11 is 1.91. The summed E-state index contributed by atoms with van der Waals surface area (Å²) in [4.78, 5) is 17.6. The van der Waals surface area contributed by atoms with E-state index in [9.17, 15) is 4.79 Å². The van der Waals surface area contributed by atoms with Gasteiger partial charge in [-0.2, -0.15) is 0 Å². The molecule has 2 atom stereocenters. The van der Waals surface area contributed by atoms with Crippen molar-refractivity contribution in [1.82, 2.24) is 4.90 Å². The fourth-order valence-corrected chi connectivity index (χ4v) is 6.10. The summed E-state index contributed by atoms with van der Waals surface area (Å²) in [6.45, 7) is 3.02. The van der Waals surface area contributed by atoms with E-state index in [1.54, 1.807) is 0 Å². The lowest BCUT2D eigenvalue weighted by Gasteiger charge is -2.30. The van der Waals surface area contributed by atoms with Crippen LogP contribution in [-0.2, 0) is 4.79 Å². The quantitative estimate of drug-likeness (QED) is 0.160. The van der Waals surface area contributed by atoms with Crippen LogP contribution in [0.1, 0.15) is 42.5 Å². The van der Waals surface area contributed by atoms with Crippen molar-refractivity contribution in [2.24, 2.45) is 5.92 Å². The minimum absolute atomic E-state index is 0.104. The van der Waals surface area contributed by atoms with Gasteiger partial charge < -0.3 is 4.90 Å². The number of carbonyl (C=O) groups is 1. The third kappa shape index (κ3) is 5.89. The van der Waals surface area contributed by atoms with E-state index in [4.69, 9.17) is 0 Å². The zero-order chi connectivity index (χ0) is 25.5. The maximum atomic E-state index is 14.2. The van der Waals surface area contributed by atoms with E-state index in [0.717, 1.165) is 53.0 Å². The number of hydrogen-bond acceptors (Lipinski definition) is 2. The highest BCUT2D eigenvalue weighted by Crippen LogP contribution is 2.47. The average Bonchev–Trinajstić information content (AvgIpc) is 3.24. The molecule has 0 spiro atoms. The summed E-state index contributed by atoms with van der Waals surface area (Å²) in [5.41, 5.74) is 5.19. The van der Waals surface area contributed by atoms with Gasteiger partial charge in [0.25, 0.3) is 5.91 Å². The normalized spacial score (nSPS) is 16.3. The van der Waals surface area contributed by atoms with Gasteiger partial charge in [0.15, 0.2) is 0 Å². The number of amides is 1. The predicted molar refractivity (Wildman–Crippen MR) is 156 cm³/mol. The smallest absolute Gasteiger partial charge is 0.255 e. The first-order valence-electron chi connectivity index (χ1n) is 13.1. The van der Waals surface area contributed by atoms with Gasteiger partial charge in [-0.25, -0.2) is 0 Å². The van der Waals surface area contributed by atoms with Crippen molar-refractivity contribution in [2.75, 3.05) is 12.3 Å². The molecular formula is C34H33NOS. The van der Waals surface area contributed by atoms with E-state index < -0.39 is 0 Å². The van der Waals surface area contributed by atoms with E-state index >= 15 is 0 Å². The molecule has 5 rings (SSSR count). The van der Waals surface area contributed by atoms with Gasteiger partial charge >= 0.3 is 0 Å². The highest BCUT2D eigenvalue weighted by Gasteiger charge is 2.41. The molecule has 0 radical (unpaired) electrons. The molecule has 37 heavy (non-hydrogen) atoms. The molecule has 4 aromatic carbocycles. The fraction of sp³-hybridized carbons (Fsp3) is 0.206. The Morgan fingerprint density at radius 2 is 1.27 bits per heavy atom. The Labute approximate surface area is 225 Å². The van der Waals surface area contributed by atoms with Crippen LogP contribution in [0.25, 0.3) is 11.1 Å². The largest absolute Gasteiger partial charge is 0.327 e. The summed E-state index contributed by atoms with van der Waals surface area (Å²) in [5, 5.41) is 0. The molecule has 2 unspecified atom stereocenters. The number of hydrogen-bond donors (Lipinski definition) is 0. The first kappa shape index (κ1) is 25.1. The van der Waals surface area contributed by atoms with Crippen LogP contribution in [-0.4, -0.2) is 23.1 Å². The third-order valence-corrected chi connectivity index (χ3v) is 8.05. The molecule has 1 heterocycles. The Morgan fingerprint density at radius 3 is 1.89 bits per heavy atom. The molecule has 0 bridgehead atoms. The van der Waals surface area contributed by atoms with E-state index in [-0.39, 0.29) is 11.9 Å². The fourth-order valence-electron chi connectivity index (χ4n) is 5.21. The maximum absolute atomic E-state index is 14.2. The first-order valence-corrected chi connectivity index (χ1v) is 14.1. The van der Waals surface area contributed by atoms with Crippen molar-refractivity contribution >= 4 is 28.8 Å². The van der Waals surface area contributed by atoms with Gasteiger partial charge in [-0.3, -0.25) is 4.79 Å². The van der Waals surface area contributed by atoms with E-state index in [2.05, 4.69) is 103 Å². The Bertz CT molecular complexity index is 1320. The van der Waals surface area contributed by atoms with Gasteiger partial charge in [-0.15, -0.1) is 11.8 Å². The van der Waals surface area contributed by atoms with Crippen molar-refractivity contribution < 1.29 is 4.79 Å². The van der Waals surface area contributed by atoms with Gasteiger partial charge in [0.2, 0.25) is 0 Å². The minimum atomic E-state index is -0.104. The van der Waals surface area contributed by atoms with Gasteiger partial charge in [0.05, 0.1) is 11.6 Å². The van der Waals surface area contributed by atoms with E-state index in [1.165, 1.54) is 4.90 Å². The second-order valence-electron chi connectivity index (χ2n) is 9.70. The van der Waals surface area contributed by atoms with Crippen molar-refractivity contribution in [3.63, 3.8) is 0 Å². The van der Waals surface area contributed by atoms with Crippen molar-refractivity contribution in [3.8, 4) is 0 Å². The minimum Gasteiger partial charge on any atom is -0.327 e. The van der Waals surface area contributed by atoms with Crippen LogP contribution >= 0.6 is 11.8 Å². The maximum Gasteiger partial charge on any atom is 0.255 e. The third-order valence-electron chi connectivity index (χ3n) is 6.95. The van der Waals surface area contributed by atoms with Crippen LogP contribution in [0.15, 0.2) is 126 Å². The van der Waals surface area contributed by atoms with Gasteiger partial charge in [-0.1, -0.05) is 116 Å². The monoisotopic (exact) mass is 503 g/mol. The second kappa shape index (κ2) is 12.1. The molecular weight excluding hydrogens is 470 g/mol. The van der Waals surface area contributed by atoms with Crippen LogP contribution in [0.4, 0.5) is 0 Å². The lowest BCUT2D eigenvalue weighted by Crippen LogP contribution is -2.34. The Kier molecular flexibility index (Phi) is 8.22. The van der Waals surface area contributed by atoms with E-state index in [1.807, 2.05) is 42.1 Å². The molecule has 0 fully saturated rings. The lowest BCUT2D eigenvalue weighted by atomic mass is 9.89. The standard InChI is InChI=1S/C34H33NOS/c1-26(15-14-24-37-30-22-12-5-13-23-30)25-35-33(29-20-10-4-11-21-29)31(27-16-6-2-7-17-27)32(34(35)36)28-18-8-3-9-19-28/h2-13,16-23,26,33H,14-15,24-25H2,1H3. The molecule has 1 aliphatic heterocycles. The number of nitrogens with zero attached hydrogens (tertiary/aromatic N) is 1. The summed E-state index contributed by atoms with van der Waals surface area (Å²) < 4.78 is 0. The molecule has 0 saturated heterocycles. The van der Waals surface area contributed by atoms with Gasteiger partial charge in [0.1, 0.15) is 0 Å². The number of rotatable bonds is 10. The number of carbonyl (C=O) groups excluding carboxylic acids is 1.